The molecule has 0 bridgehead atoms. The average molecular weight is 194 g/mol. The molecule has 1 aliphatic rings. The van der Waals surface area contributed by atoms with Gasteiger partial charge in [-0.2, -0.15) is 0 Å². The Morgan fingerprint density at radius 2 is 1.62 bits per heavy atom. The van der Waals surface area contributed by atoms with Crippen molar-refractivity contribution in [2.75, 3.05) is 19.8 Å². The highest BCUT2D eigenvalue weighted by Crippen LogP contribution is 2.30. The predicted molar refractivity (Wildman–Crippen MR) is 40.9 cm³/mol. The Hall–Kier alpha value is -0.240. The van der Waals surface area contributed by atoms with Crippen molar-refractivity contribution in [2.24, 2.45) is 0 Å². The van der Waals surface area contributed by atoms with Gasteiger partial charge in [0.1, 0.15) is 23.9 Å². The highest BCUT2D eigenvalue weighted by atomic mass is 16.6. The van der Waals surface area contributed by atoms with E-state index < -0.39 is 43.7 Å². The highest BCUT2D eigenvalue weighted by Gasteiger charge is 2.53. The van der Waals surface area contributed by atoms with Crippen molar-refractivity contribution >= 4 is 0 Å². The van der Waals surface area contributed by atoms with Gasteiger partial charge in [0.25, 0.3) is 0 Å². The molecule has 6 heteroatoms. The highest BCUT2D eigenvalue weighted by molar-refractivity contribution is 5.01. The van der Waals surface area contributed by atoms with E-state index in [-0.39, 0.29) is 0 Å². The normalized spacial score (nSPS) is 38.1. The first-order valence-electron chi connectivity index (χ1n) is 3.98. The molecule has 3 atom stereocenters. The Kier molecular flexibility index (Phi) is 3.23. The quantitative estimate of drug-likeness (QED) is 0.324. The monoisotopic (exact) mass is 194 g/mol. The van der Waals surface area contributed by atoms with Crippen molar-refractivity contribution in [3.8, 4) is 0 Å². The SMILES string of the molecule is OCC1OC(CO)(CO)C(O)C1O. The van der Waals surface area contributed by atoms with Crippen LogP contribution in [0.4, 0.5) is 0 Å². The fourth-order valence-electron chi connectivity index (χ4n) is 1.41. The third kappa shape index (κ3) is 1.56. The first-order valence-corrected chi connectivity index (χ1v) is 3.98. The fraction of sp³-hybridized carbons (Fsp3) is 1.00. The van der Waals surface area contributed by atoms with E-state index in [1.54, 1.807) is 0 Å². The molecule has 0 saturated carbocycles. The molecule has 1 rings (SSSR count). The van der Waals surface area contributed by atoms with Crippen LogP contribution in [0.5, 0.6) is 0 Å². The van der Waals surface area contributed by atoms with Gasteiger partial charge in [-0.25, -0.2) is 0 Å². The molecule has 5 N–H and O–H groups in total. The molecule has 1 saturated heterocycles. The number of rotatable bonds is 3. The lowest BCUT2D eigenvalue weighted by Gasteiger charge is -2.27. The van der Waals surface area contributed by atoms with E-state index in [1.807, 2.05) is 0 Å². The Morgan fingerprint density at radius 3 is 1.85 bits per heavy atom. The largest absolute Gasteiger partial charge is 0.394 e. The average Bonchev–Trinajstić information content (AvgIpc) is 2.42. The number of hydrogen-bond donors (Lipinski definition) is 5. The van der Waals surface area contributed by atoms with Crippen LogP contribution >= 0.6 is 0 Å². The van der Waals surface area contributed by atoms with E-state index in [0.29, 0.717) is 0 Å². The van der Waals surface area contributed by atoms with Crippen LogP contribution in [0.2, 0.25) is 0 Å². The van der Waals surface area contributed by atoms with Gasteiger partial charge >= 0.3 is 0 Å². The Bertz CT molecular complexity index is 168. The maximum Gasteiger partial charge on any atom is 0.143 e. The Balaban J connectivity index is 2.79. The molecule has 0 aromatic heterocycles. The lowest BCUT2D eigenvalue weighted by atomic mass is 9.96. The summed E-state index contributed by atoms with van der Waals surface area (Å²) < 4.78 is 4.97. The predicted octanol–water partition coefficient (Wildman–Crippen LogP) is -3.18. The van der Waals surface area contributed by atoms with Gasteiger partial charge in [-0.15, -0.1) is 0 Å². The minimum Gasteiger partial charge on any atom is -0.394 e. The van der Waals surface area contributed by atoms with Gasteiger partial charge in [0.2, 0.25) is 0 Å². The van der Waals surface area contributed by atoms with Crippen LogP contribution in [-0.2, 0) is 4.74 Å². The Morgan fingerprint density at radius 1 is 1.08 bits per heavy atom. The molecule has 0 aromatic carbocycles. The summed E-state index contributed by atoms with van der Waals surface area (Å²) in [6, 6.07) is 0. The third-order valence-electron chi connectivity index (χ3n) is 2.34. The molecule has 0 spiro atoms. The maximum absolute atomic E-state index is 9.40. The zero-order valence-electron chi connectivity index (χ0n) is 7.00. The topological polar surface area (TPSA) is 110 Å². The van der Waals surface area contributed by atoms with E-state index in [2.05, 4.69) is 0 Å². The molecule has 0 radical (unpaired) electrons. The van der Waals surface area contributed by atoms with Crippen molar-refractivity contribution < 1.29 is 30.3 Å². The molecule has 0 aromatic rings. The molecule has 78 valence electrons. The molecule has 1 heterocycles. The van der Waals surface area contributed by atoms with Gasteiger partial charge in [-0.05, 0) is 0 Å². The lowest BCUT2D eigenvalue weighted by Crippen LogP contribution is -2.49. The number of aliphatic hydroxyl groups excluding tert-OH is 5. The van der Waals surface area contributed by atoms with Crippen molar-refractivity contribution in [3.63, 3.8) is 0 Å². The maximum atomic E-state index is 9.40. The van der Waals surface area contributed by atoms with Crippen LogP contribution in [0.15, 0.2) is 0 Å². The van der Waals surface area contributed by atoms with Gasteiger partial charge in [0.15, 0.2) is 0 Å². The van der Waals surface area contributed by atoms with Crippen LogP contribution in [0.3, 0.4) is 0 Å². The van der Waals surface area contributed by atoms with Crippen LogP contribution < -0.4 is 0 Å². The smallest absolute Gasteiger partial charge is 0.143 e. The van der Waals surface area contributed by atoms with Crippen LogP contribution in [0.1, 0.15) is 0 Å². The summed E-state index contributed by atoms with van der Waals surface area (Å²) in [5, 5.41) is 45.2. The second-order valence-corrected chi connectivity index (χ2v) is 3.16. The lowest BCUT2D eigenvalue weighted by molar-refractivity contribution is -0.141. The van der Waals surface area contributed by atoms with E-state index in [9.17, 15) is 10.2 Å². The van der Waals surface area contributed by atoms with Crippen molar-refractivity contribution in [3.05, 3.63) is 0 Å². The number of aliphatic hydroxyl groups is 5. The standard InChI is InChI=1S/C7H14O6/c8-1-4-5(11)6(12)7(2-9,3-10)13-4/h4-6,8-12H,1-3H2. The fourth-order valence-corrected chi connectivity index (χ4v) is 1.41. The summed E-state index contributed by atoms with van der Waals surface area (Å²) in [7, 11) is 0. The minimum absolute atomic E-state index is 0.472. The summed E-state index contributed by atoms with van der Waals surface area (Å²) in [4.78, 5) is 0. The molecular formula is C7H14O6. The van der Waals surface area contributed by atoms with E-state index in [0.717, 1.165) is 0 Å². The molecule has 1 fully saturated rings. The summed E-state index contributed by atoms with van der Waals surface area (Å²) in [6.07, 6.45) is -3.64. The summed E-state index contributed by atoms with van der Waals surface area (Å²) in [5.74, 6) is 0. The summed E-state index contributed by atoms with van der Waals surface area (Å²) in [5.41, 5.74) is -1.56. The molecular weight excluding hydrogens is 180 g/mol. The second kappa shape index (κ2) is 3.87. The van der Waals surface area contributed by atoms with Crippen LogP contribution in [-0.4, -0.2) is 69.3 Å². The first kappa shape index (κ1) is 10.8. The van der Waals surface area contributed by atoms with Gasteiger partial charge in [-0.3, -0.25) is 0 Å². The summed E-state index contributed by atoms with van der Waals surface area (Å²) in [6.45, 7) is -1.70. The summed E-state index contributed by atoms with van der Waals surface area (Å²) >= 11 is 0. The molecule has 6 nitrogen and oxygen atoms in total. The van der Waals surface area contributed by atoms with Gasteiger partial charge in [-0.1, -0.05) is 0 Å². The molecule has 0 amide bonds. The molecule has 0 aliphatic carbocycles. The molecule has 3 unspecified atom stereocenters. The van der Waals surface area contributed by atoms with Gasteiger partial charge < -0.3 is 30.3 Å². The zero-order valence-corrected chi connectivity index (χ0v) is 7.00. The number of ether oxygens (including phenoxy) is 1. The Labute approximate surface area is 75.0 Å². The minimum atomic E-state index is -1.56. The second-order valence-electron chi connectivity index (χ2n) is 3.16. The zero-order chi connectivity index (χ0) is 10.1. The first-order chi connectivity index (χ1) is 6.11. The van der Waals surface area contributed by atoms with Crippen molar-refractivity contribution in [1.82, 2.24) is 0 Å². The van der Waals surface area contributed by atoms with E-state index in [1.165, 1.54) is 0 Å². The van der Waals surface area contributed by atoms with E-state index >= 15 is 0 Å². The van der Waals surface area contributed by atoms with Crippen molar-refractivity contribution in [2.45, 2.75) is 23.9 Å². The van der Waals surface area contributed by atoms with Crippen LogP contribution in [0.25, 0.3) is 0 Å². The number of hydrogen-bond acceptors (Lipinski definition) is 6. The third-order valence-corrected chi connectivity index (χ3v) is 2.34. The molecule has 1 aliphatic heterocycles. The van der Waals surface area contributed by atoms with E-state index in [4.69, 9.17) is 20.1 Å². The van der Waals surface area contributed by atoms with Crippen molar-refractivity contribution in [1.29, 1.82) is 0 Å². The van der Waals surface area contributed by atoms with Gasteiger partial charge in [0.05, 0.1) is 19.8 Å². The van der Waals surface area contributed by atoms with Gasteiger partial charge in [0, 0.05) is 0 Å². The van der Waals surface area contributed by atoms with Crippen LogP contribution in [0, 0.1) is 0 Å². The molecule has 13 heavy (non-hydrogen) atoms.